The number of aliphatic hydroxyl groups excluding tert-OH is 1. The van der Waals surface area contributed by atoms with Crippen LogP contribution in [0.4, 0.5) is 5.82 Å². The first-order valence-corrected chi connectivity index (χ1v) is 7.79. The molecule has 0 amide bonds. The quantitative estimate of drug-likeness (QED) is 0.767. The van der Waals surface area contributed by atoms with Crippen LogP contribution >= 0.6 is 11.6 Å². The Balaban J connectivity index is 2.03. The maximum Gasteiger partial charge on any atom is 0.137 e. The van der Waals surface area contributed by atoms with Gasteiger partial charge >= 0.3 is 0 Å². The average Bonchev–Trinajstić information content (AvgIpc) is 2.55. The number of aromatic nitrogens is 3. The standard InChI is InChI=1S/C16H21ClN4O/c1-3-14-20-15(17)11(2)16(21-14)19-9-12(10-22)8-13-6-4-5-7-18-13/h4-7,12,22H,3,8-10H2,1-2H3,(H,19,20,21). The minimum Gasteiger partial charge on any atom is -0.396 e. The van der Waals surface area contributed by atoms with Crippen molar-refractivity contribution < 1.29 is 5.11 Å². The molecule has 1 unspecified atom stereocenters. The Kier molecular flexibility index (Phi) is 6.10. The summed E-state index contributed by atoms with van der Waals surface area (Å²) in [5, 5.41) is 13.3. The van der Waals surface area contributed by atoms with Gasteiger partial charge in [0.1, 0.15) is 16.8 Å². The molecule has 2 rings (SSSR count). The van der Waals surface area contributed by atoms with Gasteiger partial charge in [-0.1, -0.05) is 24.6 Å². The molecular formula is C16H21ClN4O. The average molecular weight is 321 g/mol. The molecule has 1 atom stereocenters. The summed E-state index contributed by atoms with van der Waals surface area (Å²) in [6.45, 7) is 4.56. The van der Waals surface area contributed by atoms with Crippen molar-refractivity contribution in [3.05, 3.63) is 46.6 Å². The number of halogens is 1. The van der Waals surface area contributed by atoms with Crippen molar-refractivity contribution in [1.29, 1.82) is 0 Å². The van der Waals surface area contributed by atoms with Crippen LogP contribution in [0, 0.1) is 12.8 Å². The maximum atomic E-state index is 9.56. The zero-order chi connectivity index (χ0) is 15.9. The summed E-state index contributed by atoms with van der Waals surface area (Å²) in [4.78, 5) is 13.0. The maximum absolute atomic E-state index is 9.56. The molecule has 0 spiro atoms. The van der Waals surface area contributed by atoms with E-state index in [1.807, 2.05) is 32.0 Å². The second-order valence-corrected chi connectivity index (χ2v) is 5.57. The third kappa shape index (κ3) is 4.39. The third-order valence-electron chi connectivity index (χ3n) is 3.49. The molecule has 5 nitrogen and oxygen atoms in total. The highest BCUT2D eigenvalue weighted by Gasteiger charge is 2.13. The predicted molar refractivity (Wildman–Crippen MR) is 88.2 cm³/mol. The molecule has 0 saturated carbocycles. The molecule has 2 aromatic rings. The Hall–Kier alpha value is -1.72. The molecule has 0 radical (unpaired) electrons. The number of hydrogen-bond acceptors (Lipinski definition) is 5. The number of aliphatic hydroxyl groups is 1. The molecule has 6 heteroatoms. The number of rotatable bonds is 7. The molecule has 0 aliphatic rings. The monoisotopic (exact) mass is 320 g/mol. The van der Waals surface area contributed by atoms with Gasteiger partial charge in [0.05, 0.1) is 0 Å². The zero-order valence-electron chi connectivity index (χ0n) is 12.9. The van der Waals surface area contributed by atoms with Gasteiger partial charge in [-0.25, -0.2) is 9.97 Å². The first-order chi connectivity index (χ1) is 10.6. The minimum absolute atomic E-state index is 0.0631. The van der Waals surface area contributed by atoms with Crippen LogP contribution < -0.4 is 5.32 Å². The van der Waals surface area contributed by atoms with Crippen molar-refractivity contribution in [3.63, 3.8) is 0 Å². The van der Waals surface area contributed by atoms with Crippen LogP contribution in [0.5, 0.6) is 0 Å². The number of nitrogens with zero attached hydrogens (tertiary/aromatic N) is 3. The predicted octanol–water partition coefficient (Wildman–Crippen LogP) is 2.66. The number of nitrogens with one attached hydrogen (secondary N) is 1. The molecule has 0 aliphatic heterocycles. The van der Waals surface area contributed by atoms with Crippen LogP contribution in [0.15, 0.2) is 24.4 Å². The van der Waals surface area contributed by atoms with E-state index in [1.54, 1.807) is 6.20 Å². The first kappa shape index (κ1) is 16.6. The van der Waals surface area contributed by atoms with Crippen LogP contribution in [0.25, 0.3) is 0 Å². The van der Waals surface area contributed by atoms with Crippen LogP contribution in [0.3, 0.4) is 0 Å². The van der Waals surface area contributed by atoms with E-state index in [2.05, 4.69) is 20.3 Å². The van der Waals surface area contributed by atoms with Crippen molar-refractivity contribution >= 4 is 17.4 Å². The second-order valence-electron chi connectivity index (χ2n) is 5.21. The molecule has 2 N–H and O–H groups in total. The van der Waals surface area contributed by atoms with E-state index in [9.17, 15) is 5.11 Å². The number of anilines is 1. The molecule has 2 aromatic heterocycles. The van der Waals surface area contributed by atoms with Crippen LogP contribution in [0.1, 0.15) is 24.0 Å². The van der Waals surface area contributed by atoms with Gasteiger partial charge in [-0.3, -0.25) is 4.98 Å². The molecule has 118 valence electrons. The van der Waals surface area contributed by atoms with Crippen molar-refractivity contribution in [3.8, 4) is 0 Å². The number of hydrogen-bond donors (Lipinski definition) is 2. The minimum atomic E-state index is 0.0631. The largest absolute Gasteiger partial charge is 0.396 e. The normalized spacial score (nSPS) is 12.2. The summed E-state index contributed by atoms with van der Waals surface area (Å²) in [6, 6.07) is 5.80. The van der Waals surface area contributed by atoms with Crippen LogP contribution in [-0.2, 0) is 12.8 Å². The lowest BCUT2D eigenvalue weighted by atomic mass is 10.0. The van der Waals surface area contributed by atoms with E-state index in [4.69, 9.17) is 11.6 Å². The van der Waals surface area contributed by atoms with Gasteiger partial charge in [-0.05, 0) is 25.5 Å². The fraction of sp³-hybridized carbons (Fsp3) is 0.438. The smallest absolute Gasteiger partial charge is 0.137 e. The summed E-state index contributed by atoms with van der Waals surface area (Å²) < 4.78 is 0. The molecule has 0 aromatic carbocycles. The van der Waals surface area contributed by atoms with E-state index in [-0.39, 0.29) is 12.5 Å². The highest BCUT2D eigenvalue weighted by Crippen LogP contribution is 2.20. The van der Waals surface area contributed by atoms with Gasteiger partial charge in [-0.15, -0.1) is 0 Å². The number of aryl methyl sites for hydroxylation is 1. The Bertz CT molecular complexity index is 607. The lowest BCUT2D eigenvalue weighted by Gasteiger charge is -2.17. The van der Waals surface area contributed by atoms with Crippen molar-refractivity contribution in [1.82, 2.24) is 15.0 Å². The van der Waals surface area contributed by atoms with E-state index in [1.165, 1.54) is 0 Å². The zero-order valence-corrected chi connectivity index (χ0v) is 13.6. The van der Waals surface area contributed by atoms with Crippen molar-refractivity contribution in [2.75, 3.05) is 18.5 Å². The molecule has 0 aliphatic carbocycles. The Labute approximate surface area is 135 Å². The van der Waals surface area contributed by atoms with Crippen LogP contribution in [-0.4, -0.2) is 33.2 Å². The lowest BCUT2D eigenvalue weighted by molar-refractivity contribution is 0.232. The highest BCUT2D eigenvalue weighted by molar-refractivity contribution is 6.30. The van der Waals surface area contributed by atoms with E-state index < -0.39 is 0 Å². The Morgan fingerprint density at radius 2 is 2.14 bits per heavy atom. The molecule has 0 bridgehead atoms. The number of pyridine rings is 1. The summed E-state index contributed by atoms with van der Waals surface area (Å²) in [5.41, 5.74) is 1.79. The van der Waals surface area contributed by atoms with Crippen molar-refractivity contribution in [2.45, 2.75) is 26.7 Å². The van der Waals surface area contributed by atoms with Gasteiger partial charge < -0.3 is 10.4 Å². The van der Waals surface area contributed by atoms with Gasteiger partial charge in [0.2, 0.25) is 0 Å². The molecule has 22 heavy (non-hydrogen) atoms. The lowest BCUT2D eigenvalue weighted by Crippen LogP contribution is -2.22. The summed E-state index contributed by atoms with van der Waals surface area (Å²) >= 11 is 6.13. The Morgan fingerprint density at radius 3 is 2.77 bits per heavy atom. The van der Waals surface area contributed by atoms with Gasteiger partial charge in [0.15, 0.2) is 0 Å². The molecular weight excluding hydrogens is 300 g/mol. The SMILES string of the molecule is CCc1nc(Cl)c(C)c(NCC(CO)Cc2ccccn2)n1. The summed E-state index contributed by atoms with van der Waals surface area (Å²) in [5.74, 6) is 1.51. The van der Waals surface area contributed by atoms with E-state index in [0.29, 0.717) is 23.9 Å². The molecule has 0 fully saturated rings. The van der Waals surface area contributed by atoms with Crippen LogP contribution in [0.2, 0.25) is 5.15 Å². The van der Waals surface area contributed by atoms with Gasteiger partial charge in [0.25, 0.3) is 0 Å². The molecule has 2 heterocycles. The van der Waals surface area contributed by atoms with Gasteiger partial charge in [0, 0.05) is 42.9 Å². The van der Waals surface area contributed by atoms with E-state index >= 15 is 0 Å². The van der Waals surface area contributed by atoms with Crippen molar-refractivity contribution in [2.24, 2.45) is 5.92 Å². The first-order valence-electron chi connectivity index (χ1n) is 7.41. The van der Waals surface area contributed by atoms with Gasteiger partial charge in [-0.2, -0.15) is 0 Å². The fourth-order valence-electron chi connectivity index (χ4n) is 2.12. The summed E-state index contributed by atoms with van der Waals surface area (Å²) in [7, 11) is 0. The highest BCUT2D eigenvalue weighted by atomic mass is 35.5. The fourth-order valence-corrected chi connectivity index (χ4v) is 2.31. The molecule has 0 saturated heterocycles. The summed E-state index contributed by atoms with van der Waals surface area (Å²) in [6.07, 6.45) is 3.20. The second kappa shape index (κ2) is 8.06. The third-order valence-corrected chi connectivity index (χ3v) is 3.86. The van der Waals surface area contributed by atoms with E-state index in [0.717, 1.165) is 23.5 Å². The topological polar surface area (TPSA) is 70.9 Å². The Morgan fingerprint density at radius 1 is 1.32 bits per heavy atom.